The first-order valence-corrected chi connectivity index (χ1v) is 8.34. The second kappa shape index (κ2) is 5.95. The largest absolute Gasteiger partial charge is 0.383 e. The molecule has 0 aromatic carbocycles. The van der Waals surface area contributed by atoms with E-state index in [0.717, 1.165) is 25.3 Å². The summed E-state index contributed by atoms with van der Waals surface area (Å²) in [7, 11) is 0. The molecule has 1 atom stereocenters. The molecule has 3 rings (SSSR count). The van der Waals surface area contributed by atoms with Gasteiger partial charge in [0.05, 0.1) is 6.54 Å². The molecule has 3 fully saturated rings. The Hall–Kier alpha value is -1.10. The number of aliphatic hydroxyl groups is 1. The van der Waals surface area contributed by atoms with Gasteiger partial charge in [-0.3, -0.25) is 9.59 Å². The van der Waals surface area contributed by atoms with Crippen molar-refractivity contribution in [3.8, 4) is 0 Å². The van der Waals surface area contributed by atoms with E-state index < -0.39 is 6.10 Å². The molecular formula is C16H26N2O3. The van der Waals surface area contributed by atoms with Gasteiger partial charge in [-0.25, -0.2) is 0 Å². The summed E-state index contributed by atoms with van der Waals surface area (Å²) >= 11 is 0. The molecule has 1 aliphatic heterocycles. The molecule has 3 aliphatic rings. The molecule has 0 spiro atoms. The molecule has 118 valence electrons. The van der Waals surface area contributed by atoms with E-state index in [4.69, 9.17) is 0 Å². The molecule has 5 heteroatoms. The lowest BCUT2D eigenvalue weighted by Gasteiger charge is -2.42. The summed E-state index contributed by atoms with van der Waals surface area (Å²) < 4.78 is 0. The fourth-order valence-electron chi connectivity index (χ4n) is 3.80. The Morgan fingerprint density at radius 1 is 1.24 bits per heavy atom. The van der Waals surface area contributed by atoms with Gasteiger partial charge in [0.25, 0.3) is 5.91 Å². The Labute approximate surface area is 126 Å². The molecule has 2 N–H and O–H groups in total. The molecule has 2 aliphatic carbocycles. The Morgan fingerprint density at radius 3 is 2.62 bits per heavy atom. The van der Waals surface area contributed by atoms with Crippen LogP contribution in [-0.4, -0.2) is 47.6 Å². The SMILES string of the molecule is O=C(CN1CCCCC(O)C1=O)NCC1(C2CC2)CCC1. The Bertz CT molecular complexity index is 416. The minimum atomic E-state index is -0.926. The highest BCUT2D eigenvalue weighted by Gasteiger charge is 2.48. The lowest BCUT2D eigenvalue weighted by molar-refractivity contribution is -0.142. The van der Waals surface area contributed by atoms with Crippen LogP contribution in [0.4, 0.5) is 0 Å². The summed E-state index contributed by atoms with van der Waals surface area (Å²) in [6.45, 7) is 1.44. The minimum absolute atomic E-state index is 0.0793. The predicted octanol–water partition coefficient (Wildman–Crippen LogP) is 1.06. The average Bonchev–Trinajstić information content (AvgIpc) is 3.24. The molecule has 0 bridgehead atoms. The van der Waals surface area contributed by atoms with Gasteiger partial charge in [0.2, 0.25) is 5.91 Å². The van der Waals surface area contributed by atoms with Crippen LogP contribution in [0.25, 0.3) is 0 Å². The fourth-order valence-corrected chi connectivity index (χ4v) is 3.80. The van der Waals surface area contributed by atoms with Crippen molar-refractivity contribution in [2.24, 2.45) is 11.3 Å². The van der Waals surface area contributed by atoms with Crippen LogP contribution in [0.3, 0.4) is 0 Å². The summed E-state index contributed by atoms with van der Waals surface area (Å²) in [6.07, 6.45) is 7.67. The van der Waals surface area contributed by atoms with Crippen molar-refractivity contribution in [2.45, 2.75) is 57.5 Å². The molecule has 5 nitrogen and oxygen atoms in total. The summed E-state index contributed by atoms with van der Waals surface area (Å²) in [4.78, 5) is 25.6. The zero-order chi connectivity index (χ0) is 14.9. The summed E-state index contributed by atoms with van der Waals surface area (Å²) in [6, 6.07) is 0. The number of rotatable bonds is 5. The van der Waals surface area contributed by atoms with E-state index in [-0.39, 0.29) is 18.4 Å². The van der Waals surface area contributed by atoms with Crippen LogP contribution >= 0.6 is 0 Å². The first kappa shape index (κ1) is 14.8. The molecule has 21 heavy (non-hydrogen) atoms. The Kier molecular flexibility index (Phi) is 4.20. The molecule has 0 radical (unpaired) electrons. The number of aliphatic hydroxyl groups excluding tert-OH is 1. The van der Waals surface area contributed by atoms with Crippen LogP contribution in [0.5, 0.6) is 0 Å². The first-order chi connectivity index (χ1) is 10.1. The molecule has 0 aromatic heterocycles. The highest BCUT2D eigenvalue weighted by molar-refractivity contribution is 5.87. The smallest absolute Gasteiger partial charge is 0.251 e. The van der Waals surface area contributed by atoms with Crippen molar-refractivity contribution in [3.63, 3.8) is 0 Å². The van der Waals surface area contributed by atoms with Gasteiger partial charge < -0.3 is 15.3 Å². The van der Waals surface area contributed by atoms with Gasteiger partial charge in [0.15, 0.2) is 0 Å². The van der Waals surface area contributed by atoms with E-state index in [1.807, 2.05) is 0 Å². The lowest BCUT2D eigenvalue weighted by Crippen LogP contribution is -2.48. The normalized spacial score (nSPS) is 28.7. The van der Waals surface area contributed by atoms with E-state index >= 15 is 0 Å². The van der Waals surface area contributed by atoms with Crippen molar-refractivity contribution in [2.75, 3.05) is 19.6 Å². The zero-order valence-electron chi connectivity index (χ0n) is 12.6. The van der Waals surface area contributed by atoms with Gasteiger partial charge in [-0.1, -0.05) is 6.42 Å². The molecule has 2 saturated carbocycles. The molecular weight excluding hydrogens is 268 g/mol. The van der Waals surface area contributed by atoms with Gasteiger partial charge in [-0.05, 0) is 56.3 Å². The van der Waals surface area contributed by atoms with Gasteiger partial charge in [0.1, 0.15) is 6.10 Å². The molecule has 0 aromatic rings. The maximum absolute atomic E-state index is 12.1. The maximum Gasteiger partial charge on any atom is 0.251 e. The highest BCUT2D eigenvalue weighted by Crippen LogP contribution is 2.56. The number of nitrogens with one attached hydrogen (secondary N) is 1. The predicted molar refractivity (Wildman–Crippen MR) is 78.5 cm³/mol. The average molecular weight is 294 g/mol. The third-order valence-corrected chi connectivity index (χ3v) is 5.52. The van der Waals surface area contributed by atoms with Crippen molar-refractivity contribution in [1.82, 2.24) is 10.2 Å². The molecule has 1 unspecified atom stereocenters. The van der Waals surface area contributed by atoms with E-state index in [1.54, 1.807) is 0 Å². The summed E-state index contributed by atoms with van der Waals surface area (Å²) in [5.74, 6) is 0.445. The van der Waals surface area contributed by atoms with Crippen molar-refractivity contribution >= 4 is 11.8 Å². The van der Waals surface area contributed by atoms with Crippen molar-refractivity contribution in [1.29, 1.82) is 0 Å². The highest BCUT2D eigenvalue weighted by atomic mass is 16.3. The van der Waals surface area contributed by atoms with Crippen LogP contribution in [-0.2, 0) is 9.59 Å². The third kappa shape index (κ3) is 3.23. The van der Waals surface area contributed by atoms with Crippen LogP contribution in [0.2, 0.25) is 0 Å². The standard InChI is InChI=1S/C16H26N2O3/c19-13-4-1-2-9-18(15(13)21)10-14(20)17-11-16(7-3-8-16)12-5-6-12/h12-13,19H,1-11H2,(H,17,20). The number of hydrogen-bond donors (Lipinski definition) is 2. The summed E-state index contributed by atoms with van der Waals surface area (Å²) in [5.41, 5.74) is 0.359. The monoisotopic (exact) mass is 294 g/mol. The second-order valence-corrected chi connectivity index (χ2v) is 7.04. The fraction of sp³-hybridized carbons (Fsp3) is 0.875. The van der Waals surface area contributed by atoms with E-state index in [1.165, 1.54) is 37.0 Å². The molecule has 1 saturated heterocycles. The summed E-state index contributed by atoms with van der Waals surface area (Å²) in [5, 5.41) is 12.7. The van der Waals surface area contributed by atoms with E-state index in [9.17, 15) is 14.7 Å². The lowest BCUT2D eigenvalue weighted by atomic mass is 9.65. The Morgan fingerprint density at radius 2 is 2.00 bits per heavy atom. The zero-order valence-corrected chi connectivity index (χ0v) is 12.6. The van der Waals surface area contributed by atoms with Gasteiger partial charge in [-0.2, -0.15) is 0 Å². The molecule has 1 heterocycles. The Balaban J connectivity index is 1.48. The third-order valence-electron chi connectivity index (χ3n) is 5.52. The van der Waals surface area contributed by atoms with E-state index in [0.29, 0.717) is 18.4 Å². The van der Waals surface area contributed by atoms with Crippen LogP contribution in [0.15, 0.2) is 0 Å². The van der Waals surface area contributed by atoms with Crippen molar-refractivity contribution < 1.29 is 14.7 Å². The minimum Gasteiger partial charge on any atom is -0.383 e. The van der Waals surface area contributed by atoms with Crippen LogP contribution in [0.1, 0.15) is 51.4 Å². The van der Waals surface area contributed by atoms with Crippen LogP contribution < -0.4 is 5.32 Å². The number of hydrogen-bond acceptors (Lipinski definition) is 3. The maximum atomic E-state index is 12.1. The number of nitrogens with zero attached hydrogens (tertiary/aromatic N) is 1. The van der Waals surface area contributed by atoms with Gasteiger partial charge in [0, 0.05) is 13.1 Å². The van der Waals surface area contributed by atoms with Gasteiger partial charge in [-0.15, -0.1) is 0 Å². The first-order valence-electron chi connectivity index (χ1n) is 8.34. The molecule has 2 amide bonds. The second-order valence-electron chi connectivity index (χ2n) is 7.04. The topological polar surface area (TPSA) is 69.6 Å². The number of likely N-dealkylation sites (tertiary alicyclic amines) is 1. The number of carbonyl (C=O) groups excluding carboxylic acids is 2. The number of carbonyl (C=O) groups is 2. The van der Waals surface area contributed by atoms with Gasteiger partial charge >= 0.3 is 0 Å². The number of amides is 2. The van der Waals surface area contributed by atoms with Crippen LogP contribution in [0, 0.1) is 11.3 Å². The van der Waals surface area contributed by atoms with E-state index in [2.05, 4.69) is 5.32 Å². The quantitative estimate of drug-likeness (QED) is 0.796. The van der Waals surface area contributed by atoms with Crippen molar-refractivity contribution in [3.05, 3.63) is 0 Å².